The first-order valence-electron chi connectivity index (χ1n) is 5.95. The summed E-state index contributed by atoms with van der Waals surface area (Å²) in [6.45, 7) is 6.56. The molecular weight excluding hydrogens is 220 g/mol. The zero-order valence-corrected chi connectivity index (χ0v) is 10.6. The molecule has 1 heterocycles. The molecule has 0 fully saturated rings. The van der Waals surface area contributed by atoms with Crippen molar-refractivity contribution in [3.05, 3.63) is 11.7 Å². The average molecular weight is 240 g/mol. The van der Waals surface area contributed by atoms with Gasteiger partial charge < -0.3 is 15.2 Å². The second-order valence-electron chi connectivity index (χ2n) is 3.91. The molecule has 6 nitrogen and oxygen atoms in total. The smallest absolute Gasteiger partial charge is 0.234 e. The van der Waals surface area contributed by atoms with Crippen LogP contribution in [-0.4, -0.2) is 28.6 Å². The molecule has 0 radical (unpaired) electrons. The number of nitrogens with one attached hydrogen (secondary N) is 2. The Bertz CT molecular complexity index is 347. The summed E-state index contributed by atoms with van der Waals surface area (Å²) in [4.78, 5) is 15.6. The lowest BCUT2D eigenvalue weighted by Gasteiger charge is -2.14. The lowest BCUT2D eigenvalue weighted by atomic mass is 10.2. The molecule has 0 saturated heterocycles. The van der Waals surface area contributed by atoms with E-state index in [4.69, 9.17) is 4.52 Å². The normalized spacial score (nSPS) is 10.8. The number of hydrogen-bond donors (Lipinski definition) is 2. The van der Waals surface area contributed by atoms with Crippen LogP contribution in [0.15, 0.2) is 4.52 Å². The largest absolute Gasteiger partial charge is 0.352 e. The highest BCUT2D eigenvalue weighted by atomic mass is 16.5. The number of aromatic nitrogens is 2. The van der Waals surface area contributed by atoms with Crippen molar-refractivity contribution in [2.75, 3.05) is 6.54 Å². The van der Waals surface area contributed by atoms with E-state index >= 15 is 0 Å². The van der Waals surface area contributed by atoms with Gasteiger partial charge in [-0.1, -0.05) is 19.0 Å². The number of aryl methyl sites for hydroxylation is 1. The predicted octanol–water partition coefficient (Wildman–Crippen LogP) is 0.772. The van der Waals surface area contributed by atoms with Gasteiger partial charge in [0.1, 0.15) is 0 Å². The van der Waals surface area contributed by atoms with Crippen molar-refractivity contribution in [3.63, 3.8) is 0 Å². The maximum absolute atomic E-state index is 11.5. The predicted molar refractivity (Wildman–Crippen MR) is 63.3 cm³/mol. The van der Waals surface area contributed by atoms with Crippen LogP contribution in [0.25, 0.3) is 0 Å². The van der Waals surface area contributed by atoms with Crippen LogP contribution in [0, 0.1) is 6.92 Å². The molecule has 1 rings (SSSR count). The summed E-state index contributed by atoms with van der Waals surface area (Å²) in [5, 5.41) is 9.64. The van der Waals surface area contributed by atoms with E-state index in [0.717, 1.165) is 12.8 Å². The summed E-state index contributed by atoms with van der Waals surface area (Å²) in [6, 6.07) is 0.261. The van der Waals surface area contributed by atoms with Gasteiger partial charge in [0.15, 0.2) is 5.82 Å². The van der Waals surface area contributed by atoms with Gasteiger partial charge in [0.25, 0.3) is 0 Å². The van der Waals surface area contributed by atoms with Gasteiger partial charge in [-0.2, -0.15) is 4.98 Å². The van der Waals surface area contributed by atoms with Gasteiger partial charge in [-0.25, -0.2) is 0 Å². The Labute approximate surface area is 101 Å². The summed E-state index contributed by atoms with van der Waals surface area (Å²) in [7, 11) is 0. The zero-order chi connectivity index (χ0) is 12.7. The molecule has 96 valence electrons. The van der Waals surface area contributed by atoms with E-state index in [1.165, 1.54) is 0 Å². The molecule has 17 heavy (non-hydrogen) atoms. The summed E-state index contributed by atoms with van der Waals surface area (Å²) >= 11 is 0. The third-order valence-electron chi connectivity index (χ3n) is 2.49. The fourth-order valence-corrected chi connectivity index (χ4v) is 1.47. The van der Waals surface area contributed by atoms with Crippen molar-refractivity contribution in [3.8, 4) is 0 Å². The van der Waals surface area contributed by atoms with Crippen molar-refractivity contribution in [2.24, 2.45) is 0 Å². The van der Waals surface area contributed by atoms with E-state index in [0.29, 0.717) is 18.3 Å². The molecule has 0 aliphatic rings. The Morgan fingerprint density at radius 3 is 2.65 bits per heavy atom. The number of carbonyl (C=O) groups excluding carboxylic acids is 1. The molecule has 0 atom stereocenters. The van der Waals surface area contributed by atoms with Crippen molar-refractivity contribution < 1.29 is 9.32 Å². The van der Waals surface area contributed by atoms with Crippen molar-refractivity contribution in [1.82, 2.24) is 20.8 Å². The van der Waals surface area contributed by atoms with Gasteiger partial charge >= 0.3 is 0 Å². The highest BCUT2D eigenvalue weighted by molar-refractivity contribution is 5.78. The Balaban J connectivity index is 2.20. The zero-order valence-electron chi connectivity index (χ0n) is 10.6. The minimum absolute atomic E-state index is 0.00100. The highest BCUT2D eigenvalue weighted by Gasteiger charge is 2.08. The van der Waals surface area contributed by atoms with Crippen LogP contribution >= 0.6 is 0 Å². The number of amides is 1. The SMILES string of the molecule is CCC(CC)NC(=O)CNCc1noc(C)n1. The second kappa shape index (κ2) is 7.01. The molecule has 6 heteroatoms. The molecule has 1 amide bonds. The summed E-state index contributed by atoms with van der Waals surface area (Å²) in [5.41, 5.74) is 0. The second-order valence-corrected chi connectivity index (χ2v) is 3.91. The van der Waals surface area contributed by atoms with E-state index < -0.39 is 0 Å². The lowest BCUT2D eigenvalue weighted by Crippen LogP contribution is -2.39. The molecule has 2 N–H and O–H groups in total. The third-order valence-corrected chi connectivity index (χ3v) is 2.49. The van der Waals surface area contributed by atoms with E-state index in [2.05, 4.69) is 34.6 Å². The highest BCUT2D eigenvalue weighted by Crippen LogP contribution is 1.96. The van der Waals surface area contributed by atoms with E-state index in [-0.39, 0.29) is 18.5 Å². The third kappa shape index (κ3) is 4.95. The number of carbonyl (C=O) groups is 1. The number of hydrogen-bond acceptors (Lipinski definition) is 5. The first-order valence-corrected chi connectivity index (χ1v) is 5.95. The summed E-state index contributed by atoms with van der Waals surface area (Å²) in [6.07, 6.45) is 1.90. The Morgan fingerprint density at radius 2 is 2.12 bits per heavy atom. The van der Waals surface area contributed by atoms with Gasteiger partial charge in [-0.05, 0) is 12.8 Å². The fraction of sp³-hybridized carbons (Fsp3) is 0.727. The molecule has 0 aliphatic carbocycles. The van der Waals surface area contributed by atoms with Gasteiger partial charge in [-0.3, -0.25) is 4.79 Å². The minimum Gasteiger partial charge on any atom is -0.352 e. The van der Waals surface area contributed by atoms with Crippen LogP contribution in [0.3, 0.4) is 0 Å². The first-order chi connectivity index (χ1) is 8.15. The molecule has 0 aliphatic heterocycles. The minimum atomic E-state index is -0.00100. The van der Waals surface area contributed by atoms with Crippen LogP contribution in [0.4, 0.5) is 0 Å². The molecule has 0 spiro atoms. The van der Waals surface area contributed by atoms with Crippen LogP contribution in [0.5, 0.6) is 0 Å². The Morgan fingerprint density at radius 1 is 1.41 bits per heavy atom. The van der Waals surface area contributed by atoms with Crippen molar-refractivity contribution in [2.45, 2.75) is 46.2 Å². The Kier molecular flexibility index (Phi) is 5.62. The lowest BCUT2D eigenvalue weighted by molar-refractivity contribution is -0.121. The molecule has 1 aromatic heterocycles. The monoisotopic (exact) mass is 240 g/mol. The van der Waals surface area contributed by atoms with Crippen LogP contribution < -0.4 is 10.6 Å². The summed E-state index contributed by atoms with van der Waals surface area (Å²) in [5.74, 6) is 1.10. The summed E-state index contributed by atoms with van der Waals surface area (Å²) < 4.78 is 4.82. The van der Waals surface area contributed by atoms with Crippen LogP contribution in [0.1, 0.15) is 38.4 Å². The maximum Gasteiger partial charge on any atom is 0.234 e. The molecular formula is C11H20N4O2. The standard InChI is InChI=1S/C11H20N4O2/c1-4-9(5-2)14-11(16)7-12-6-10-13-8(3)17-15-10/h9,12H,4-7H2,1-3H3,(H,14,16). The van der Waals surface area contributed by atoms with Crippen molar-refractivity contribution in [1.29, 1.82) is 0 Å². The molecule has 0 aromatic carbocycles. The van der Waals surface area contributed by atoms with E-state index in [1.807, 2.05) is 0 Å². The van der Waals surface area contributed by atoms with Gasteiger partial charge in [0.2, 0.25) is 11.8 Å². The van der Waals surface area contributed by atoms with Crippen molar-refractivity contribution >= 4 is 5.91 Å². The Hall–Kier alpha value is -1.43. The van der Waals surface area contributed by atoms with Gasteiger partial charge in [0, 0.05) is 13.0 Å². The molecule has 1 aromatic rings. The average Bonchev–Trinajstić information content (AvgIpc) is 2.72. The quantitative estimate of drug-likeness (QED) is 0.736. The molecule has 0 saturated carbocycles. The maximum atomic E-state index is 11.5. The number of rotatable bonds is 7. The van der Waals surface area contributed by atoms with Crippen LogP contribution in [-0.2, 0) is 11.3 Å². The number of nitrogens with zero attached hydrogens (tertiary/aromatic N) is 2. The topological polar surface area (TPSA) is 80.0 Å². The van der Waals surface area contributed by atoms with Gasteiger partial charge in [0.05, 0.1) is 13.1 Å². The van der Waals surface area contributed by atoms with E-state index in [9.17, 15) is 4.79 Å². The first kappa shape index (κ1) is 13.6. The molecule has 0 bridgehead atoms. The fourth-order valence-electron chi connectivity index (χ4n) is 1.47. The van der Waals surface area contributed by atoms with E-state index in [1.54, 1.807) is 6.92 Å². The molecule has 0 unspecified atom stereocenters. The van der Waals surface area contributed by atoms with Crippen LogP contribution in [0.2, 0.25) is 0 Å². The van der Waals surface area contributed by atoms with Gasteiger partial charge in [-0.15, -0.1) is 0 Å².